The molecule has 0 atom stereocenters. The van der Waals surface area contributed by atoms with Gasteiger partial charge in [-0.3, -0.25) is 9.59 Å². The van der Waals surface area contributed by atoms with Crippen molar-refractivity contribution in [1.82, 2.24) is 10.3 Å². The number of carbonyl (C=O) groups is 2. The third-order valence-electron chi connectivity index (χ3n) is 6.38. The highest BCUT2D eigenvalue weighted by Gasteiger charge is 2.68. The van der Waals surface area contributed by atoms with Crippen molar-refractivity contribution in [3.63, 3.8) is 0 Å². The lowest BCUT2D eigenvalue weighted by molar-refractivity contribution is -0.162. The number of benzene rings is 1. The molecule has 1 amide bonds. The van der Waals surface area contributed by atoms with Crippen LogP contribution >= 0.6 is 11.6 Å². The molecule has 0 aliphatic heterocycles. The van der Waals surface area contributed by atoms with Gasteiger partial charge in [0, 0.05) is 22.9 Å². The molecule has 1 N–H and O–H groups in total. The van der Waals surface area contributed by atoms with Crippen LogP contribution in [0.25, 0.3) is 0 Å². The number of oxazole rings is 1. The maximum atomic E-state index is 12.6. The largest absolute Gasteiger partial charge is 0.486 e. The Morgan fingerprint density at radius 2 is 2.07 bits per heavy atom. The van der Waals surface area contributed by atoms with Crippen molar-refractivity contribution in [2.45, 2.75) is 56.9 Å². The van der Waals surface area contributed by atoms with Gasteiger partial charge in [-0.1, -0.05) is 11.6 Å². The molecule has 152 valence electrons. The summed E-state index contributed by atoms with van der Waals surface area (Å²) in [6.07, 6.45) is 6.49. The van der Waals surface area contributed by atoms with Gasteiger partial charge in [-0.25, -0.2) is 4.98 Å². The first-order valence-electron chi connectivity index (χ1n) is 10.0. The van der Waals surface area contributed by atoms with E-state index in [9.17, 15) is 9.59 Å². The standard InChI is InChI=1S/C22H23ClN2O4/c1-13-6-16(4-5-17(13)23)28-8-15(26)7-21-9-22(10-21,11-21)25-20(27)18-19(14-2-3-14)29-12-24-18/h4-6,12,14H,2-3,7-11H2,1H3,(H,25,27). The van der Waals surface area contributed by atoms with Gasteiger partial charge in [0.1, 0.15) is 18.1 Å². The van der Waals surface area contributed by atoms with Gasteiger partial charge < -0.3 is 14.5 Å². The highest BCUT2D eigenvalue weighted by molar-refractivity contribution is 6.31. The summed E-state index contributed by atoms with van der Waals surface area (Å²) in [5.74, 6) is 1.65. The summed E-state index contributed by atoms with van der Waals surface area (Å²) in [6.45, 7) is 1.96. The Hall–Kier alpha value is -2.34. The lowest BCUT2D eigenvalue weighted by Crippen LogP contribution is -2.75. The molecule has 29 heavy (non-hydrogen) atoms. The molecule has 0 spiro atoms. The summed E-state index contributed by atoms with van der Waals surface area (Å²) in [6, 6.07) is 5.38. The van der Waals surface area contributed by atoms with Gasteiger partial charge in [-0.15, -0.1) is 0 Å². The fourth-order valence-corrected chi connectivity index (χ4v) is 5.14. The highest BCUT2D eigenvalue weighted by Crippen LogP contribution is 2.69. The van der Waals surface area contributed by atoms with E-state index in [0.717, 1.165) is 37.7 Å². The van der Waals surface area contributed by atoms with Crippen LogP contribution in [0.1, 0.15) is 66.3 Å². The number of Topliss-reactive ketones (excluding diaryl/α,β-unsaturated/α-hetero) is 1. The van der Waals surface area contributed by atoms with E-state index >= 15 is 0 Å². The number of hydrogen-bond acceptors (Lipinski definition) is 5. The van der Waals surface area contributed by atoms with Crippen LogP contribution in [0.3, 0.4) is 0 Å². The zero-order valence-electron chi connectivity index (χ0n) is 16.3. The molecule has 7 heteroatoms. The predicted molar refractivity (Wildman–Crippen MR) is 106 cm³/mol. The number of rotatable bonds is 8. The van der Waals surface area contributed by atoms with Crippen LogP contribution in [0.4, 0.5) is 0 Å². The maximum absolute atomic E-state index is 12.6. The van der Waals surface area contributed by atoms with Crippen molar-refractivity contribution in [1.29, 1.82) is 0 Å². The van der Waals surface area contributed by atoms with Gasteiger partial charge in [0.2, 0.25) is 0 Å². The van der Waals surface area contributed by atoms with E-state index in [0.29, 0.717) is 34.6 Å². The van der Waals surface area contributed by atoms with Gasteiger partial charge in [0.25, 0.3) is 5.91 Å². The number of nitrogens with one attached hydrogen (secondary N) is 1. The Kier molecular flexibility index (Phi) is 4.24. The Morgan fingerprint density at radius 3 is 2.76 bits per heavy atom. The van der Waals surface area contributed by atoms with Crippen molar-refractivity contribution in [2.24, 2.45) is 5.41 Å². The average molecular weight is 415 g/mol. The summed E-state index contributed by atoms with van der Waals surface area (Å²) in [5, 5.41) is 3.82. The smallest absolute Gasteiger partial charge is 0.273 e. The van der Waals surface area contributed by atoms with E-state index in [1.807, 2.05) is 13.0 Å². The first-order chi connectivity index (χ1) is 13.9. The molecule has 6 nitrogen and oxygen atoms in total. The average Bonchev–Trinajstić information content (AvgIpc) is 3.36. The molecule has 2 bridgehead atoms. The molecule has 0 saturated heterocycles. The highest BCUT2D eigenvalue weighted by atomic mass is 35.5. The molecule has 1 aromatic carbocycles. The third-order valence-corrected chi connectivity index (χ3v) is 6.80. The van der Waals surface area contributed by atoms with Crippen LogP contribution in [-0.2, 0) is 4.79 Å². The van der Waals surface area contributed by atoms with Crippen molar-refractivity contribution in [2.75, 3.05) is 6.61 Å². The van der Waals surface area contributed by atoms with Crippen LogP contribution in [0, 0.1) is 12.3 Å². The molecule has 1 aromatic heterocycles. The normalized spacial score (nSPS) is 27.0. The van der Waals surface area contributed by atoms with Crippen LogP contribution in [-0.4, -0.2) is 28.8 Å². The molecular weight excluding hydrogens is 392 g/mol. The van der Waals surface area contributed by atoms with Crippen molar-refractivity contribution in [3.8, 4) is 5.75 Å². The monoisotopic (exact) mass is 414 g/mol. The fraction of sp³-hybridized carbons (Fsp3) is 0.500. The Labute approximate surface area is 174 Å². The van der Waals surface area contributed by atoms with Crippen LogP contribution < -0.4 is 10.1 Å². The van der Waals surface area contributed by atoms with Crippen molar-refractivity contribution < 1.29 is 18.7 Å². The molecule has 4 aliphatic rings. The second-order valence-corrected chi connectivity index (χ2v) is 9.43. The van der Waals surface area contributed by atoms with E-state index in [-0.39, 0.29) is 29.3 Å². The Bertz CT molecular complexity index is 975. The number of hydrogen-bond donors (Lipinski definition) is 1. The third kappa shape index (κ3) is 3.44. The summed E-state index contributed by atoms with van der Waals surface area (Å²) >= 11 is 6.01. The fourth-order valence-electron chi connectivity index (χ4n) is 5.02. The minimum atomic E-state index is -0.175. The number of aromatic nitrogens is 1. The van der Waals surface area contributed by atoms with Crippen molar-refractivity contribution >= 4 is 23.3 Å². The molecule has 4 saturated carbocycles. The Morgan fingerprint density at radius 1 is 1.31 bits per heavy atom. The molecular formula is C22H23ClN2O4. The van der Waals surface area contributed by atoms with Crippen LogP contribution in [0.2, 0.25) is 5.02 Å². The second-order valence-electron chi connectivity index (χ2n) is 9.02. The quantitative estimate of drug-likeness (QED) is 0.699. The SMILES string of the molecule is Cc1cc(OCC(=O)CC23CC(NC(=O)c4ncoc4C4CC4)(C2)C3)ccc1Cl. The van der Waals surface area contributed by atoms with E-state index < -0.39 is 0 Å². The zero-order chi connectivity index (χ0) is 20.2. The van der Waals surface area contributed by atoms with E-state index in [2.05, 4.69) is 10.3 Å². The number of ketones is 1. The maximum Gasteiger partial charge on any atom is 0.273 e. The topological polar surface area (TPSA) is 81.4 Å². The molecule has 2 aromatic rings. The summed E-state index contributed by atoms with van der Waals surface area (Å²) < 4.78 is 11.0. The lowest BCUT2D eigenvalue weighted by Gasteiger charge is -2.70. The zero-order valence-corrected chi connectivity index (χ0v) is 17.1. The molecule has 6 rings (SSSR count). The number of ether oxygens (including phenoxy) is 1. The van der Waals surface area contributed by atoms with Gasteiger partial charge in [0.15, 0.2) is 17.9 Å². The minimum absolute atomic E-state index is 0.0206. The summed E-state index contributed by atoms with van der Waals surface area (Å²) in [4.78, 5) is 29.1. The number of aryl methyl sites for hydroxylation is 1. The van der Waals surface area contributed by atoms with Gasteiger partial charge in [0.05, 0.1) is 0 Å². The molecule has 4 fully saturated rings. The van der Waals surface area contributed by atoms with E-state index in [1.54, 1.807) is 12.1 Å². The predicted octanol–water partition coefficient (Wildman–Crippen LogP) is 4.20. The first kappa shape index (κ1) is 18.7. The summed E-state index contributed by atoms with van der Waals surface area (Å²) in [5.41, 5.74) is 1.19. The lowest BCUT2D eigenvalue weighted by atomic mass is 9.38. The minimum Gasteiger partial charge on any atom is -0.486 e. The number of carbonyl (C=O) groups excluding carboxylic acids is 2. The van der Waals surface area contributed by atoms with Crippen LogP contribution in [0.15, 0.2) is 29.0 Å². The number of halogens is 1. The van der Waals surface area contributed by atoms with Crippen molar-refractivity contribution in [3.05, 3.63) is 46.6 Å². The van der Waals surface area contributed by atoms with Gasteiger partial charge in [-0.2, -0.15) is 0 Å². The van der Waals surface area contributed by atoms with E-state index in [1.165, 1.54) is 6.39 Å². The van der Waals surface area contributed by atoms with Gasteiger partial charge in [-0.05, 0) is 68.2 Å². The molecule has 4 aliphatic carbocycles. The molecule has 1 heterocycles. The summed E-state index contributed by atoms with van der Waals surface area (Å²) in [7, 11) is 0. The second kappa shape index (κ2) is 6.59. The Balaban J connectivity index is 1.10. The number of amides is 1. The van der Waals surface area contributed by atoms with E-state index in [4.69, 9.17) is 20.8 Å². The van der Waals surface area contributed by atoms with Gasteiger partial charge >= 0.3 is 0 Å². The molecule has 0 radical (unpaired) electrons. The molecule has 0 unspecified atom stereocenters. The first-order valence-corrected chi connectivity index (χ1v) is 10.4. The number of nitrogens with zero attached hydrogens (tertiary/aromatic N) is 1. The van der Waals surface area contributed by atoms with Crippen LogP contribution in [0.5, 0.6) is 5.75 Å².